The molecule has 1 atom stereocenters. The number of aryl methyl sites for hydroxylation is 1. The molecule has 3 aromatic rings. The van der Waals surface area contributed by atoms with Gasteiger partial charge in [0.15, 0.2) is 4.34 Å². The number of hydrogen-bond donors (Lipinski definition) is 0. The van der Waals surface area contributed by atoms with Crippen LogP contribution in [0, 0.1) is 6.92 Å². The molecule has 1 aliphatic heterocycles. The number of hydrogen-bond acceptors (Lipinski definition) is 8. The molecule has 0 bridgehead atoms. The Morgan fingerprint density at radius 2 is 2.12 bits per heavy atom. The van der Waals surface area contributed by atoms with E-state index in [0.717, 1.165) is 26.4 Å². The predicted octanol–water partition coefficient (Wildman–Crippen LogP) is 4.44. The molecule has 0 aromatic carbocycles. The SMILES string of the molecule is Cc1nnc(SCC(=O)N2N=C(c3cccs3)CC2c2cccs2)s1. The Morgan fingerprint density at radius 3 is 2.80 bits per heavy atom. The molecular weight excluding hydrogens is 392 g/mol. The molecule has 25 heavy (non-hydrogen) atoms. The molecular formula is C16H14N4OS4. The zero-order chi connectivity index (χ0) is 17.2. The van der Waals surface area contributed by atoms with Crippen LogP contribution in [-0.4, -0.2) is 32.6 Å². The summed E-state index contributed by atoms with van der Waals surface area (Å²) in [6.45, 7) is 1.91. The number of rotatable bonds is 5. The first-order chi connectivity index (χ1) is 12.2. The fourth-order valence-electron chi connectivity index (χ4n) is 2.56. The van der Waals surface area contributed by atoms with E-state index in [9.17, 15) is 4.79 Å². The smallest absolute Gasteiger partial charge is 0.253 e. The first kappa shape index (κ1) is 16.9. The minimum atomic E-state index is -0.0126. The summed E-state index contributed by atoms with van der Waals surface area (Å²) >= 11 is 6.26. The van der Waals surface area contributed by atoms with Gasteiger partial charge in [-0.25, -0.2) is 5.01 Å². The second kappa shape index (κ2) is 7.36. The van der Waals surface area contributed by atoms with E-state index in [0.29, 0.717) is 5.75 Å². The summed E-state index contributed by atoms with van der Waals surface area (Å²) in [6, 6.07) is 8.15. The lowest BCUT2D eigenvalue weighted by Crippen LogP contribution is -2.28. The van der Waals surface area contributed by atoms with Gasteiger partial charge in [-0.3, -0.25) is 4.79 Å². The zero-order valence-electron chi connectivity index (χ0n) is 13.3. The Kier molecular flexibility index (Phi) is 4.98. The fraction of sp³-hybridized carbons (Fsp3) is 0.250. The lowest BCUT2D eigenvalue weighted by atomic mass is 10.1. The third-order valence-electron chi connectivity index (χ3n) is 3.67. The van der Waals surface area contributed by atoms with Crippen LogP contribution in [0.3, 0.4) is 0 Å². The van der Waals surface area contributed by atoms with Crippen molar-refractivity contribution in [3.05, 3.63) is 49.8 Å². The molecule has 9 heteroatoms. The number of nitrogens with zero attached hydrogens (tertiary/aromatic N) is 4. The molecule has 3 aromatic heterocycles. The molecule has 4 rings (SSSR count). The third-order valence-corrected chi connectivity index (χ3v) is 7.52. The van der Waals surface area contributed by atoms with Crippen molar-refractivity contribution in [3.8, 4) is 0 Å². The van der Waals surface area contributed by atoms with E-state index in [1.165, 1.54) is 28.0 Å². The van der Waals surface area contributed by atoms with Gasteiger partial charge in [0.05, 0.1) is 22.4 Å². The van der Waals surface area contributed by atoms with Crippen LogP contribution < -0.4 is 0 Å². The molecule has 0 saturated carbocycles. The van der Waals surface area contributed by atoms with Gasteiger partial charge < -0.3 is 0 Å². The number of thioether (sulfide) groups is 1. The number of thiophene rings is 2. The Bertz CT molecular complexity index is 885. The Morgan fingerprint density at radius 1 is 1.28 bits per heavy atom. The van der Waals surface area contributed by atoms with E-state index in [-0.39, 0.29) is 11.9 Å². The zero-order valence-corrected chi connectivity index (χ0v) is 16.6. The van der Waals surface area contributed by atoms with Crippen molar-refractivity contribution in [2.24, 2.45) is 5.10 Å². The number of hydrazone groups is 1. The van der Waals surface area contributed by atoms with Crippen LogP contribution in [0.25, 0.3) is 0 Å². The van der Waals surface area contributed by atoms with E-state index in [1.54, 1.807) is 27.7 Å². The summed E-state index contributed by atoms with van der Waals surface area (Å²) in [4.78, 5) is 15.1. The van der Waals surface area contributed by atoms with E-state index in [2.05, 4.69) is 27.4 Å². The van der Waals surface area contributed by atoms with E-state index >= 15 is 0 Å². The van der Waals surface area contributed by atoms with Gasteiger partial charge in [0, 0.05) is 11.3 Å². The van der Waals surface area contributed by atoms with Crippen LogP contribution in [-0.2, 0) is 4.79 Å². The summed E-state index contributed by atoms with van der Waals surface area (Å²) in [5.41, 5.74) is 0.985. The Hall–Kier alpha value is -1.55. The van der Waals surface area contributed by atoms with Gasteiger partial charge >= 0.3 is 0 Å². The second-order valence-electron chi connectivity index (χ2n) is 5.37. The van der Waals surface area contributed by atoms with Gasteiger partial charge in [-0.05, 0) is 29.8 Å². The van der Waals surface area contributed by atoms with Crippen molar-refractivity contribution < 1.29 is 4.79 Å². The molecule has 1 aliphatic rings. The monoisotopic (exact) mass is 406 g/mol. The van der Waals surface area contributed by atoms with Crippen molar-refractivity contribution in [1.29, 1.82) is 0 Å². The summed E-state index contributed by atoms with van der Waals surface area (Å²) in [7, 11) is 0. The summed E-state index contributed by atoms with van der Waals surface area (Å²) in [6.07, 6.45) is 0.759. The molecule has 1 amide bonds. The van der Waals surface area contributed by atoms with Crippen molar-refractivity contribution in [2.75, 3.05) is 5.75 Å². The summed E-state index contributed by atoms with van der Waals surface area (Å²) in [5.74, 6) is 0.320. The van der Waals surface area contributed by atoms with E-state index in [1.807, 2.05) is 29.8 Å². The first-order valence-corrected chi connectivity index (χ1v) is 11.2. The predicted molar refractivity (Wildman–Crippen MR) is 105 cm³/mol. The normalized spacial score (nSPS) is 17.1. The molecule has 0 radical (unpaired) electrons. The number of carbonyl (C=O) groups is 1. The summed E-state index contributed by atoms with van der Waals surface area (Å²) in [5, 5.41) is 19.4. The molecule has 0 saturated heterocycles. The number of carbonyl (C=O) groups excluding carboxylic acids is 1. The summed E-state index contributed by atoms with van der Waals surface area (Å²) < 4.78 is 0.820. The highest BCUT2D eigenvalue weighted by Crippen LogP contribution is 2.36. The second-order valence-corrected chi connectivity index (χ2v) is 9.70. The van der Waals surface area contributed by atoms with Gasteiger partial charge in [0.25, 0.3) is 5.91 Å². The molecule has 128 valence electrons. The minimum Gasteiger partial charge on any atom is -0.272 e. The lowest BCUT2D eigenvalue weighted by molar-refractivity contribution is -0.130. The van der Waals surface area contributed by atoms with E-state index < -0.39 is 0 Å². The molecule has 4 heterocycles. The Balaban J connectivity index is 1.53. The van der Waals surface area contributed by atoms with Crippen LogP contribution >= 0.6 is 45.8 Å². The quantitative estimate of drug-likeness (QED) is 0.588. The van der Waals surface area contributed by atoms with Crippen molar-refractivity contribution >= 4 is 57.4 Å². The van der Waals surface area contributed by atoms with Gasteiger partial charge in [-0.15, -0.1) is 32.9 Å². The fourth-order valence-corrected chi connectivity index (χ4v) is 5.76. The van der Waals surface area contributed by atoms with Crippen LogP contribution in [0.5, 0.6) is 0 Å². The van der Waals surface area contributed by atoms with Crippen LogP contribution in [0.1, 0.15) is 27.2 Å². The molecule has 0 N–H and O–H groups in total. The first-order valence-electron chi connectivity index (χ1n) is 7.60. The number of aromatic nitrogens is 2. The van der Waals surface area contributed by atoms with Crippen LogP contribution in [0.4, 0.5) is 0 Å². The van der Waals surface area contributed by atoms with E-state index in [4.69, 9.17) is 0 Å². The minimum absolute atomic E-state index is 0.00260. The van der Waals surface area contributed by atoms with Crippen molar-refractivity contribution in [2.45, 2.75) is 23.7 Å². The average molecular weight is 407 g/mol. The maximum atomic E-state index is 12.8. The highest BCUT2D eigenvalue weighted by atomic mass is 32.2. The molecule has 1 unspecified atom stereocenters. The molecule has 0 aliphatic carbocycles. The maximum absolute atomic E-state index is 12.8. The van der Waals surface area contributed by atoms with Gasteiger partial charge in [-0.1, -0.05) is 35.2 Å². The van der Waals surface area contributed by atoms with Gasteiger partial charge in [-0.2, -0.15) is 5.10 Å². The highest BCUT2D eigenvalue weighted by Gasteiger charge is 2.34. The van der Waals surface area contributed by atoms with Crippen molar-refractivity contribution in [3.63, 3.8) is 0 Å². The lowest BCUT2D eigenvalue weighted by Gasteiger charge is -2.20. The van der Waals surface area contributed by atoms with Gasteiger partial charge in [0.2, 0.25) is 0 Å². The Labute approximate surface area is 161 Å². The number of amides is 1. The maximum Gasteiger partial charge on any atom is 0.253 e. The standard InChI is InChI=1S/C16H14N4OS4/c1-10-17-18-16(25-10)24-9-15(21)20-12(14-5-3-7-23-14)8-11(19-20)13-4-2-6-22-13/h2-7,12H,8-9H2,1H3. The molecule has 0 fully saturated rings. The topological polar surface area (TPSA) is 58.5 Å². The van der Waals surface area contributed by atoms with Crippen LogP contribution in [0.15, 0.2) is 44.5 Å². The average Bonchev–Trinajstić information content (AvgIpc) is 3.38. The van der Waals surface area contributed by atoms with Crippen molar-refractivity contribution in [1.82, 2.24) is 15.2 Å². The molecule has 0 spiro atoms. The molecule has 5 nitrogen and oxygen atoms in total. The third kappa shape index (κ3) is 3.69. The highest BCUT2D eigenvalue weighted by molar-refractivity contribution is 8.01. The van der Waals surface area contributed by atoms with Crippen LogP contribution in [0.2, 0.25) is 0 Å². The largest absolute Gasteiger partial charge is 0.272 e. The van der Waals surface area contributed by atoms with Gasteiger partial charge in [0.1, 0.15) is 5.01 Å².